The van der Waals surface area contributed by atoms with Crippen molar-refractivity contribution in [3.05, 3.63) is 78.3 Å². The molecule has 1 atom stereocenters. The lowest BCUT2D eigenvalue weighted by Crippen LogP contribution is -2.12. The van der Waals surface area contributed by atoms with Crippen LogP contribution in [0.5, 0.6) is 0 Å². The molecule has 1 aromatic carbocycles. The van der Waals surface area contributed by atoms with E-state index in [1.165, 1.54) is 6.20 Å². The van der Waals surface area contributed by atoms with Crippen LogP contribution in [0.1, 0.15) is 11.1 Å². The molecule has 0 amide bonds. The molecule has 0 spiro atoms. The van der Waals surface area contributed by atoms with Gasteiger partial charge in [-0.15, -0.1) is 0 Å². The topological polar surface area (TPSA) is 65.8 Å². The number of halogens is 1. The zero-order valence-electron chi connectivity index (χ0n) is 15.5. The predicted octanol–water partition coefficient (Wildman–Crippen LogP) is 3.84. The van der Waals surface area contributed by atoms with E-state index in [-0.39, 0.29) is 0 Å². The van der Waals surface area contributed by atoms with E-state index < -0.39 is 17.3 Å². The maximum atomic E-state index is 13.5. The van der Waals surface area contributed by atoms with Gasteiger partial charge in [-0.05, 0) is 49.4 Å². The van der Waals surface area contributed by atoms with Gasteiger partial charge in [0.05, 0.1) is 17.9 Å². The second-order valence-electron chi connectivity index (χ2n) is 6.51. The summed E-state index contributed by atoms with van der Waals surface area (Å²) in [6.07, 6.45) is 6.69. The van der Waals surface area contributed by atoms with Gasteiger partial charge in [0.2, 0.25) is 5.95 Å². The van der Waals surface area contributed by atoms with Gasteiger partial charge in [-0.3, -0.25) is 4.98 Å². The minimum atomic E-state index is -1.43. The highest BCUT2D eigenvalue weighted by Crippen LogP contribution is 2.30. The third kappa shape index (κ3) is 3.40. The number of pyridine rings is 2. The van der Waals surface area contributed by atoms with Crippen LogP contribution in [0.4, 0.5) is 4.39 Å². The fourth-order valence-electron chi connectivity index (χ4n) is 3.19. The number of benzene rings is 1. The van der Waals surface area contributed by atoms with E-state index in [1.807, 2.05) is 31.4 Å². The molecule has 28 heavy (non-hydrogen) atoms. The number of rotatable bonds is 5. The minimum Gasteiger partial charge on any atom is -0.587 e. The summed E-state index contributed by atoms with van der Waals surface area (Å²) in [6, 6.07) is 11.3. The molecule has 0 saturated heterocycles. The van der Waals surface area contributed by atoms with E-state index in [0.29, 0.717) is 17.0 Å². The molecule has 3 heterocycles. The largest absolute Gasteiger partial charge is 0.587 e. The molecule has 4 rings (SSSR count). The zero-order valence-corrected chi connectivity index (χ0v) is 16.3. The predicted molar refractivity (Wildman–Crippen MR) is 109 cm³/mol. The lowest BCUT2D eigenvalue weighted by Gasteiger charge is -2.11. The average molecular weight is 394 g/mol. The molecule has 0 saturated carbocycles. The summed E-state index contributed by atoms with van der Waals surface area (Å²) in [4.78, 5) is 8.52. The Morgan fingerprint density at radius 2 is 2.04 bits per heavy atom. The van der Waals surface area contributed by atoms with Gasteiger partial charge in [0.15, 0.2) is 4.90 Å². The first kappa shape index (κ1) is 18.6. The Balaban J connectivity index is 1.87. The molecule has 0 fully saturated rings. The van der Waals surface area contributed by atoms with E-state index in [1.54, 1.807) is 41.5 Å². The van der Waals surface area contributed by atoms with Crippen molar-refractivity contribution >= 4 is 22.3 Å². The van der Waals surface area contributed by atoms with E-state index in [9.17, 15) is 8.94 Å². The molecule has 0 radical (unpaired) electrons. The highest BCUT2D eigenvalue weighted by molar-refractivity contribution is 7.90. The Labute approximate surface area is 165 Å². The standard InChI is InChI=1S/C21H19FN4OS/c1-14-8-16(11-25-21(14)22)15-5-6-19-17(10-23-2)13-26(20(19)9-15)28(27)18-4-3-7-24-12-18/h3-9,11-13,23H,10H2,1-2H3. The van der Waals surface area contributed by atoms with E-state index in [2.05, 4.69) is 15.3 Å². The van der Waals surface area contributed by atoms with E-state index in [4.69, 9.17) is 0 Å². The van der Waals surface area contributed by atoms with Gasteiger partial charge in [-0.1, -0.05) is 12.1 Å². The number of hydrogen-bond acceptors (Lipinski definition) is 4. The summed E-state index contributed by atoms with van der Waals surface area (Å²) >= 11 is -1.43. The zero-order chi connectivity index (χ0) is 19.7. The average Bonchev–Trinajstić information content (AvgIpc) is 3.08. The first-order valence-electron chi connectivity index (χ1n) is 8.82. The lowest BCUT2D eigenvalue weighted by atomic mass is 10.0. The van der Waals surface area contributed by atoms with Crippen LogP contribution in [0.25, 0.3) is 22.0 Å². The second-order valence-corrected chi connectivity index (χ2v) is 7.88. The summed E-state index contributed by atoms with van der Waals surface area (Å²) in [5.41, 5.74) is 4.09. The summed E-state index contributed by atoms with van der Waals surface area (Å²) in [5.74, 6) is -0.470. The molecule has 4 aromatic rings. The molecule has 1 unspecified atom stereocenters. The fraction of sp³-hybridized carbons (Fsp3) is 0.143. The van der Waals surface area contributed by atoms with Crippen LogP contribution in [-0.4, -0.2) is 25.5 Å². The van der Waals surface area contributed by atoms with Crippen molar-refractivity contribution in [3.63, 3.8) is 0 Å². The Bertz CT molecular complexity index is 1130. The van der Waals surface area contributed by atoms with Gasteiger partial charge in [0, 0.05) is 35.5 Å². The van der Waals surface area contributed by atoms with Crippen molar-refractivity contribution < 1.29 is 8.94 Å². The van der Waals surface area contributed by atoms with Gasteiger partial charge in [-0.2, -0.15) is 8.36 Å². The molecule has 1 N–H and O–H groups in total. The van der Waals surface area contributed by atoms with Crippen molar-refractivity contribution in [2.75, 3.05) is 7.05 Å². The Morgan fingerprint density at radius 1 is 1.18 bits per heavy atom. The van der Waals surface area contributed by atoms with E-state index in [0.717, 1.165) is 27.6 Å². The number of nitrogens with one attached hydrogen (secondary N) is 1. The maximum Gasteiger partial charge on any atom is 0.215 e. The normalized spacial score (nSPS) is 12.4. The van der Waals surface area contributed by atoms with Gasteiger partial charge < -0.3 is 9.87 Å². The molecule has 0 aliphatic carbocycles. The summed E-state index contributed by atoms with van der Waals surface area (Å²) in [6.45, 7) is 2.35. The quantitative estimate of drug-likeness (QED) is 0.413. The van der Waals surface area contributed by atoms with Crippen LogP contribution in [0.3, 0.4) is 0 Å². The number of nitrogens with zero attached hydrogens (tertiary/aromatic N) is 3. The van der Waals surface area contributed by atoms with Crippen LogP contribution in [0, 0.1) is 12.9 Å². The van der Waals surface area contributed by atoms with Crippen molar-refractivity contribution in [2.45, 2.75) is 18.4 Å². The van der Waals surface area contributed by atoms with Crippen LogP contribution >= 0.6 is 0 Å². The van der Waals surface area contributed by atoms with Gasteiger partial charge in [0.1, 0.15) is 11.4 Å². The molecule has 0 bridgehead atoms. The number of hydrogen-bond donors (Lipinski definition) is 1. The maximum absolute atomic E-state index is 13.5. The Kier molecular flexibility index (Phi) is 5.13. The molecule has 5 nitrogen and oxygen atoms in total. The highest BCUT2D eigenvalue weighted by Gasteiger charge is 2.20. The van der Waals surface area contributed by atoms with Crippen molar-refractivity contribution in [1.82, 2.24) is 19.3 Å². The van der Waals surface area contributed by atoms with Crippen LogP contribution in [-0.2, 0) is 17.9 Å². The molecule has 0 aliphatic rings. The van der Waals surface area contributed by atoms with E-state index >= 15 is 0 Å². The first-order chi connectivity index (χ1) is 13.6. The molecule has 3 aromatic heterocycles. The molecule has 7 heteroatoms. The van der Waals surface area contributed by atoms with Crippen molar-refractivity contribution in [3.8, 4) is 11.1 Å². The first-order valence-corrected chi connectivity index (χ1v) is 9.92. The molecule has 142 valence electrons. The summed E-state index contributed by atoms with van der Waals surface area (Å²) in [5, 5.41) is 4.17. The molecule has 0 aliphatic heterocycles. The Morgan fingerprint density at radius 3 is 2.75 bits per heavy atom. The van der Waals surface area contributed by atoms with Crippen molar-refractivity contribution in [1.29, 1.82) is 0 Å². The third-order valence-corrected chi connectivity index (χ3v) is 5.89. The van der Waals surface area contributed by atoms with Crippen LogP contribution in [0.2, 0.25) is 0 Å². The SMILES string of the molecule is CNCc1cn([S+]([O-])c2cccnc2)c2cc(-c3cnc(F)c(C)c3)ccc12. The molecular weight excluding hydrogens is 375 g/mol. The number of aromatic nitrogens is 3. The van der Waals surface area contributed by atoms with Crippen LogP contribution < -0.4 is 5.32 Å². The number of aryl methyl sites for hydroxylation is 1. The lowest BCUT2D eigenvalue weighted by molar-refractivity contribution is 0.575. The summed E-state index contributed by atoms with van der Waals surface area (Å²) in [7, 11) is 1.88. The van der Waals surface area contributed by atoms with Gasteiger partial charge >= 0.3 is 0 Å². The van der Waals surface area contributed by atoms with Crippen molar-refractivity contribution in [2.24, 2.45) is 0 Å². The van der Waals surface area contributed by atoms with Crippen LogP contribution in [0.15, 0.2) is 66.1 Å². The fourth-order valence-corrected chi connectivity index (χ4v) is 4.32. The van der Waals surface area contributed by atoms with Gasteiger partial charge in [0.25, 0.3) is 0 Å². The monoisotopic (exact) mass is 394 g/mol. The molecular formula is C21H19FN4OS. The summed E-state index contributed by atoms with van der Waals surface area (Å²) < 4.78 is 28.5. The Hall–Kier alpha value is -2.74. The van der Waals surface area contributed by atoms with Gasteiger partial charge in [-0.25, -0.2) is 4.98 Å². The second kappa shape index (κ2) is 7.71. The third-order valence-electron chi connectivity index (χ3n) is 4.58. The minimum absolute atomic E-state index is 0.470. The highest BCUT2D eigenvalue weighted by atomic mass is 32.2. The smallest absolute Gasteiger partial charge is 0.215 e. The number of fused-ring (bicyclic) bond motifs is 1.